The first kappa shape index (κ1) is 16.5. The number of nitrogens with zero attached hydrogens (tertiary/aromatic N) is 3. The van der Waals surface area contributed by atoms with Crippen molar-refractivity contribution in [2.75, 3.05) is 31.7 Å². The Balaban J connectivity index is 2.23. The summed E-state index contributed by atoms with van der Waals surface area (Å²) in [5, 5.41) is 11.1. The summed E-state index contributed by atoms with van der Waals surface area (Å²) in [6.07, 6.45) is 1.29. The molecule has 0 atom stereocenters. The summed E-state index contributed by atoms with van der Waals surface area (Å²) in [6.45, 7) is 7.71. The molecule has 1 aromatic rings. The molecular weight excluding hydrogens is 290 g/mol. The maximum atomic E-state index is 10.6. The van der Waals surface area contributed by atoms with Crippen molar-refractivity contribution in [3.8, 4) is 0 Å². The van der Waals surface area contributed by atoms with E-state index in [4.69, 9.17) is 16.3 Å². The van der Waals surface area contributed by atoms with Gasteiger partial charge in [-0.15, -0.1) is 0 Å². The van der Waals surface area contributed by atoms with Crippen LogP contribution in [-0.4, -0.2) is 47.5 Å². The number of aromatic nitrogens is 2. The van der Waals surface area contributed by atoms with Crippen LogP contribution in [0, 0.1) is 6.92 Å². The van der Waals surface area contributed by atoms with Crippen molar-refractivity contribution < 1.29 is 9.84 Å². The Morgan fingerprint density at radius 3 is 2.52 bits per heavy atom. The maximum absolute atomic E-state index is 10.6. The van der Waals surface area contributed by atoms with Crippen LogP contribution in [-0.2, 0) is 4.74 Å². The summed E-state index contributed by atoms with van der Waals surface area (Å²) in [6, 6.07) is 0. The number of aliphatic hydroxyl groups is 1. The van der Waals surface area contributed by atoms with Gasteiger partial charge in [-0.05, 0) is 6.92 Å². The smallest absolute Gasteiger partial charge is 0.137 e. The van der Waals surface area contributed by atoms with Gasteiger partial charge in [-0.3, -0.25) is 0 Å². The fraction of sp³-hybridized carbons (Fsp3) is 0.733. The molecule has 118 valence electrons. The van der Waals surface area contributed by atoms with Gasteiger partial charge in [-0.1, -0.05) is 25.4 Å². The molecule has 0 bridgehead atoms. The number of likely N-dealkylation sites (N-methyl/N-ethyl adjacent to an activating group) is 1. The Morgan fingerprint density at radius 1 is 1.33 bits per heavy atom. The predicted molar refractivity (Wildman–Crippen MR) is 84.1 cm³/mol. The second kappa shape index (κ2) is 6.46. The quantitative estimate of drug-likeness (QED) is 0.866. The van der Waals surface area contributed by atoms with Gasteiger partial charge in [-0.2, -0.15) is 0 Å². The Kier molecular flexibility index (Phi) is 5.07. The lowest BCUT2D eigenvalue weighted by molar-refractivity contribution is -0.0573. The van der Waals surface area contributed by atoms with Crippen LogP contribution in [0.15, 0.2) is 0 Å². The van der Waals surface area contributed by atoms with Crippen molar-refractivity contribution in [1.29, 1.82) is 0 Å². The normalized spacial score (nSPS) is 18.0. The number of rotatable bonds is 4. The molecule has 5 nitrogen and oxygen atoms in total. The molecule has 2 heterocycles. The van der Waals surface area contributed by atoms with Gasteiger partial charge in [0.15, 0.2) is 0 Å². The largest absolute Gasteiger partial charge is 0.388 e. The van der Waals surface area contributed by atoms with E-state index in [2.05, 4.69) is 9.97 Å². The monoisotopic (exact) mass is 313 g/mol. The van der Waals surface area contributed by atoms with Gasteiger partial charge in [0.1, 0.15) is 16.8 Å². The first-order valence-electron chi connectivity index (χ1n) is 7.38. The number of hydrogen-bond acceptors (Lipinski definition) is 5. The molecule has 1 aromatic heterocycles. The molecule has 0 spiro atoms. The summed E-state index contributed by atoms with van der Waals surface area (Å²) in [5.41, 5.74) is 0.119. The highest BCUT2D eigenvalue weighted by atomic mass is 35.5. The minimum Gasteiger partial charge on any atom is -0.388 e. The van der Waals surface area contributed by atoms with E-state index in [1.807, 2.05) is 32.7 Å². The first-order chi connectivity index (χ1) is 9.82. The van der Waals surface area contributed by atoms with Gasteiger partial charge in [0.05, 0.1) is 5.60 Å². The minimum absolute atomic E-state index is 0.210. The summed E-state index contributed by atoms with van der Waals surface area (Å²) in [4.78, 5) is 10.9. The van der Waals surface area contributed by atoms with E-state index in [0.717, 1.165) is 17.2 Å². The molecule has 1 aliphatic heterocycles. The van der Waals surface area contributed by atoms with E-state index in [1.54, 1.807) is 0 Å². The van der Waals surface area contributed by atoms with Crippen LogP contribution in [0.5, 0.6) is 0 Å². The van der Waals surface area contributed by atoms with E-state index >= 15 is 0 Å². The molecule has 2 rings (SSSR count). The number of ether oxygens (including phenoxy) is 1. The van der Waals surface area contributed by atoms with Crippen LogP contribution >= 0.6 is 11.6 Å². The van der Waals surface area contributed by atoms with Crippen molar-refractivity contribution in [2.45, 2.75) is 45.1 Å². The molecule has 0 aromatic carbocycles. The van der Waals surface area contributed by atoms with Crippen molar-refractivity contribution in [3.05, 3.63) is 16.5 Å². The molecule has 0 unspecified atom stereocenters. The van der Waals surface area contributed by atoms with Gasteiger partial charge >= 0.3 is 0 Å². The molecular formula is C15H24ClN3O2. The lowest BCUT2D eigenvalue weighted by Crippen LogP contribution is -2.46. The molecule has 0 saturated carbocycles. The number of hydrogen-bond donors (Lipinski definition) is 1. The van der Waals surface area contributed by atoms with Crippen molar-refractivity contribution in [3.63, 3.8) is 0 Å². The zero-order valence-corrected chi connectivity index (χ0v) is 13.9. The molecule has 1 saturated heterocycles. The van der Waals surface area contributed by atoms with Gasteiger partial charge in [0.25, 0.3) is 0 Å². The Bertz CT molecular complexity index is 502. The zero-order valence-electron chi connectivity index (χ0n) is 13.2. The van der Waals surface area contributed by atoms with E-state index in [-0.39, 0.29) is 5.92 Å². The SMILES string of the molecule is Cc1c(Cl)nc(C(C)C)nc1N(C)CC1(O)CCOCC1. The highest BCUT2D eigenvalue weighted by molar-refractivity contribution is 6.30. The lowest BCUT2D eigenvalue weighted by atomic mass is 9.94. The van der Waals surface area contributed by atoms with Crippen molar-refractivity contribution in [2.24, 2.45) is 0 Å². The van der Waals surface area contributed by atoms with Crippen LogP contribution in [0.1, 0.15) is 44.0 Å². The van der Waals surface area contributed by atoms with E-state index in [0.29, 0.717) is 37.8 Å². The summed E-state index contributed by atoms with van der Waals surface area (Å²) in [5.74, 6) is 1.73. The van der Waals surface area contributed by atoms with Gasteiger partial charge in [0, 0.05) is 51.1 Å². The number of anilines is 1. The van der Waals surface area contributed by atoms with Gasteiger partial charge in [0.2, 0.25) is 0 Å². The van der Waals surface area contributed by atoms with Crippen molar-refractivity contribution in [1.82, 2.24) is 9.97 Å². The topological polar surface area (TPSA) is 58.5 Å². The second-order valence-corrected chi connectivity index (χ2v) is 6.53. The van der Waals surface area contributed by atoms with Crippen LogP contribution in [0.3, 0.4) is 0 Å². The van der Waals surface area contributed by atoms with Gasteiger partial charge < -0.3 is 14.7 Å². The predicted octanol–water partition coefficient (Wildman–Crippen LogP) is 2.54. The summed E-state index contributed by atoms with van der Waals surface area (Å²) < 4.78 is 5.32. The van der Waals surface area contributed by atoms with E-state index < -0.39 is 5.60 Å². The highest BCUT2D eigenvalue weighted by Gasteiger charge is 2.32. The standard InChI is InChI=1S/C15H24ClN3O2/c1-10(2)13-17-12(16)11(3)14(18-13)19(4)9-15(20)5-7-21-8-6-15/h10,20H,5-9H2,1-4H3. The van der Waals surface area contributed by atoms with E-state index in [9.17, 15) is 5.11 Å². The molecule has 0 amide bonds. The molecule has 21 heavy (non-hydrogen) atoms. The van der Waals surface area contributed by atoms with Crippen LogP contribution in [0.25, 0.3) is 0 Å². The average Bonchev–Trinajstić information content (AvgIpc) is 2.41. The maximum Gasteiger partial charge on any atom is 0.137 e. The van der Waals surface area contributed by atoms with E-state index in [1.165, 1.54) is 0 Å². The first-order valence-corrected chi connectivity index (χ1v) is 7.75. The third-order valence-corrected chi connectivity index (χ3v) is 4.28. The average molecular weight is 314 g/mol. The second-order valence-electron chi connectivity index (χ2n) is 6.17. The molecule has 1 N–H and O–H groups in total. The molecule has 1 aliphatic rings. The molecule has 1 fully saturated rings. The number of halogens is 1. The fourth-order valence-corrected chi connectivity index (χ4v) is 2.72. The molecule has 0 radical (unpaired) electrons. The van der Waals surface area contributed by atoms with Crippen molar-refractivity contribution >= 4 is 17.4 Å². The van der Waals surface area contributed by atoms with Crippen LogP contribution in [0.4, 0.5) is 5.82 Å². The molecule has 6 heteroatoms. The summed E-state index contributed by atoms with van der Waals surface area (Å²) in [7, 11) is 1.93. The fourth-order valence-electron chi connectivity index (χ4n) is 2.55. The van der Waals surface area contributed by atoms with Crippen LogP contribution < -0.4 is 4.90 Å². The zero-order chi connectivity index (χ0) is 15.6. The van der Waals surface area contributed by atoms with Crippen LogP contribution in [0.2, 0.25) is 5.15 Å². The molecule has 0 aliphatic carbocycles. The lowest BCUT2D eigenvalue weighted by Gasteiger charge is -2.36. The van der Waals surface area contributed by atoms with Gasteiger partial charge in [-0.25, -0.2) is 9.97 Å². The Hall–Kier alpha value is -0.910. The Labute approximate surface area is 131 Å². The Morgan fingerprint density at radius 2 is 1.95 bits per heavy atom. The third kappa shape index (κ3) is 3.84. The third-order valence-electron chi connectivity index (χ3n) is 3.91. The highest BCUT2D eigenvalue weighted by Crippen LogP contribution is 2.28. The minimum atomic E-state index is -0.727. The summed E-state index contributed by atoms with van der Waals surface area (Å²) >= 11 is 6.22.